The van der Waals surface area contributed by atoms with E-state index < -0.39 is 26.7 Å². The summed E-state index contributed by atoms with van der Waals surface area (Å²) in [6.07, 6.45) is 0.278. The number of nitrogens with two attached hydrogens (primary N) is 1. The summed E-state index contributed by atoms with van der Waals surface area (Å²) in [5.41, 5.74) is 5.89. The van der Waals surface area contributed by atoms with Crippen molar-refractivity contribution in [2.24, 2.45) is 5.73 Å². The average molecular weight is 376 g/mol. The Morgan fingerprint density at radius 2 is 1.81 bits per heavy atom. The van der Waals surface area contributed by atoms with Crippen LogP contribution < -0.4 is 5.73 Å². The monoisotopic (exact) mass is 374 g/mol. The first-order valence-electron chi connectivity index (χ1n) is 5.69. The van der Waals surface area contributed by atoms with Crippen molar-refractivity contribution in [2.45, 2.75) is 10.2 Å². The van der Waals surface area contributed by atoms with Crippen molar-refractivity contribution >= 4 is 51.1 Å². The lowest BCUT2D eigenvalue weighted by atomic mass is 10.1. The van der Waals surface area contributed by atoms with E-state index in [4.69, 9.17) is 40.5 Å². The van der Waals surface area contributed by atoms with E-state index in [-0.39, 0.29) is 13.0 Å². The van der Waals surface area contributed by atoms with Crippen LogP contribution in [0.3, 0.4) is 0 Å². The summed E-state index contributed by atoms with van der Waals surface area (Å²) in [6.45, 7) is -0.906. The van der Waals surface area contributed by atoms with Crippen LogP contribution in [0.25, 0.3) is 0 Å². The zero-order valence-corrected chi connectivity index (χ0v) is 13.8. The maximum Gasteiger partial charge on any atom is 0.366 e. The summed E-state index contributed by atoms with van der Waals surface area (Å²) < 4.78 is 26.7. The molecule has 1 rings (SSSR count). The number of rotatable bonds is 6. The van der Waals surface area contributed by atoms with Crippen molar-refractivity contribution in [1.29, 1.82) is 0 Å². The van der Waals surface area contributed by atoms with Crippen molar-refractivity contribution in [3.63, 3.8) is 0 Å². The first-order valence-corrected chi connectivity index (χ1v) is 8.19. The number of nitrogens with zero attached hydrogens (tertiary/aromatic N) is 1. The molecule has 0 aliphatic rings. The maximum absolute atomic E-state index is 11.9. The van der Waals surface area contributed by atoms with E-state index in [1.807, 2.05) is 6.07 Å². The lowest BCUT2D eigenvalue weighted by molar-refractivity contribution is 0.221. The Hall–Kier alpha value is -0.730. The fourth-order valence-electron chi connectivity index (χ4n) is 1.41. The highest BCUT2D eigenvalue weighted by Gasteiger charge is 2.30. The van der Waals surface area contributed by atoms with Crippen LogP contribution in [0.15, 0.2) is 30.3 Å². The third kappa shape index (κ3) is 6.71. The lowest BCUT2D eigenvalue weighted by Crippen LogP contribution is -2.43. The molecule has 21 heavy (non-hydrogen) atoms. The van der Waals surface area contributed by atoms with Gasteiger partial charge in [-0.3, -0.25) is 0 Å². The summed E-state index contributed by atoms with van der Waals surface area (Å²) in [4.78, 5) is 11.3. The zero-order chi connectivity index (χ0) is 16.1. The number of halogens is 3. The highest BCUT2D eigenvalue weighted by atomic mass is 35.6. The van der Waals surface area contributed by atoms with Crippen LogP contribution in [0.2, 0.25) is 0 Å². The second-order valence-corrected chi connectivity index (χ2v) is 8.03. The molecule has 0 heterocycles. The minimum absolute atomic E-state index is 0.179. The van der Waals surface area contributed by atoms with E-state index >= 15 is 0 Å². The molecule has 0 saturated carbocycles. The third-order valence-corrected chi connectivity index (χ3v) is 3.98. The summed E-state index contributed by atoms with van der Waals surface area (Å²) in [6, 6.07) is 7.79. The van der Waals surface area contributed by atoms with Gasteiger partial charge in [-0.05, 0) is 12.0 Å². The smallest absolute Gasteiger partial charge is 0.351 e. The van der Waals surface area contributed by atoms with Crippen LogP contribution in [-0.4, -0.2) is 35.7 Å². The van der Waals surface area contributed by atoms with Crippen molar-refractivity contribution in [2.75, 3.05) is 13.2 Å². The Morgan fingerprint density at radius 1 is 1.24 bits per heavy atom. The number of amides is 2. The van der Waals surface area contributed by atoms with Crippen molar-refractivity contribution in [3.05, 3.63) is 35.9 Å². The number of benzene rings is 1. The summed E-state index contributed by atoms with van der Waals surface area (Å²) >= 11 is 16.2. The van der Waals surface area contributed by atoms with Gasteiger partial charge < -0.3 is 5.73 Å². The van der Waals surface area contributed by atoms with Crippen molar-refractivity contribution in [3.8, 4) is 0 Å². The van der Waals surface area contributed by atoms with Gasteiger partial charge in [0.1, 0.15) is 6.61 Å². The van der Waals surface area contributed by atoms with Crippen molar-refractivity contribution < 1.29 is 17.4 Å². The van der Waals surface area contributed by atoms with Gasteiger partial charge in [0.2, 0.25) is 3.79 Å². The number of hydrogen-bond donors (Lipinski definition) is 1. The number of urea groups is 1. The molecule has 10 heteroatoms. The zero-order valence-electron chi connectivity index (χ0n) is 10.7. The van der Waals surface area contributed by atoms with Gasteiger partial charge in [0, 0.05) is 6.54 Å². The van der Waals surface area contributed by atoms with Gasteiger partial charge in [-0.1, -0.05) is 65.1 Å². The molecule has 0 aliphatic carbocycles. The third-order valence-electron chi connectivity index (χ3n) is 2.33. The number of carbonyl (C=O) groups excluding carboxylic acids is 1. The van der Waals surface area contributed by atoms with Gasteiger partial charge in [0.15, 0.2) is 0 Å². The SMILES string of the molecule is NC(=O)N(CCc1ccccc1)S(=O)(=O)OCC(Cl)(Cl)Cl. The molecule has 0 radical (unpaired) electrons. The lowest BCUT2D eigenvalue weighted by Gasteiger charge is -2.21. The topological polar surface area (TPSA) is 89.7 Å². The van der Waals surface area contributed by atoms with E-state index in [0.29, 0.717) is 4.31 Å². The van der Waals surface area contributed by atoms with Gasteiger partial charge in [-0.15, -0.1) is 0 Å². The number of carbonyl (C=O) groups is 1. The molecule has 0 aromatic heterocycles. The molecular formula is C11H13Cl3N2O4S. The molecule has 0 fully saturated rings. The normalized spacial score (nSPS) is 12.1. The fraction of sp³-hybridized carbons (Fsp3) is 0.364. The number of hydrogen-bond acceptors (Lipinski definition) is 4. The molecule has 0 atom stereocenters. The Kier molecular flexibility index (Phi) is 6.55. The van der Waals surface area contributed by atoms with Gasteiger partial charge in [-0.25, -0.2) is 8.98 Å². The summed E-state index contributed by atoms with van der Waals surface area (Å²) in [5.74, 6) is 0. The molecule has 6 nitrogen and oxygen atoms in total. The van der Waals surface area contributed by atoms with Crippen molar-refractivity contribution in [1.82, 2.24) is 4.31 Å². The van der Waals surface area contributed by atoms with Gasteiger partial charge >= 0.3 is 16.3 Å². The number of primary amides is 1. The van der Waals surface area contributed by atoms with E-state index in [1.165, 1.54) is 0 Å². The Morgan fingerprint density at radius 3 is 2.29 bits per heavy atom. The maximum atomic E-state index is 11.9. The van der Waals surface area contributed by atoms with Gasteiger partial charge in [0.05, 0.1) is 0 Å². The molecule has 0 unspecified atom stereocenters. The van der Waals surface area contributed by atoms with Gasteiger partial charge in [0.25, 0.3) is 0 Å². The minimum atomic E-state index is -4.42. The second-order valence-electron chi connectivity index (χ2n) is 3.98. The van der Waals surface area contributed by atoms with Gasteiger partial charge in [-0.2, -0.15) is 12.7 Å². The predicted molar refractivity (Wildman–Crippen MR) is 81.6 cm³/mol. The first kappa shape index (κ1) is 18.3. The Bertz CT molecular complexity index is 575. The Balaban J connectivity index is 2.74. The van der Waals surface area contributed by atoms with Crippen LogP contribution in [0.4, 0.5) is 4.79 Å². The van der Waals surface area contributed by atoms with E-state index in [1.54, 1.807) is 24.3 Å². The van der Waals surface area contributed by atoms with E-state index in [2.05, 4.69) is 4.18 Å². The standard InChI is InChI=1S/C11H13Cl3N2O4S/c12-11(13,14)8-20-21(18,19)16(10(15)17)7-6-9-4-2-1-3-5-9/h1-5H,6-8H2,(H2,15,17). The second kappa shape index (κ2) is 7.51. The fourth-order valence-corrected chi connectivity index (χ4v) is 2.76. The van der Waals surface area contributed by atoms with E-state index in [0.717, 1.165) is 5.56 Å². The predicted octanol–water partition coefficient (Wildman–Crippen LogP) is 2.24. The van der Waals surface area contributed by atoms with E-state index in [9.17, 15) is 13.2 Å². The quantitative estimate of drug-likeness (QED) is 0.772. The van der Waals surface area contributed by atoms with Crippen LogP contribution >= 0.6 is 34.8 Å². The highest BCUT2D eigenvalue weighted by Crippen LogP contribution is 2.27. The molecule has 0 spiro atoms. The molecule has 0 saturated heterocycles. The summed E-state index contributed by atoms with van der Waals surface area (Å²) in [5, 5.41) is 0. The minimum Gasteiger partial charge on any atom is -0.351 e. The molecule has 0 aliphatic heterocycles. The van der Waals surface area contributed by atoms with Crippen LogP contribution in [0.5, 0.6) is 0 Å². The molecule has 2 N–H and O–H groups in total. The number of alkyl halides is 3. The Labute approximate surface area is 138 Å². The van der Waals surface area contributed by atoms with Crippen LogP contribution in [-0.2, 0) is 20.9 Å². The first-order chi connectivity index (χ1) is 9.62. The average Bonchev–Trinajstić information content (AvgIpc) is 2.36. The molecule has 2 amide bonds. The largest absolute Gasteiger partial charge is 0.366 e. The molecule has 1 aromatic rings. The van der Waals surface area contributed by atoms with Crippen LogP contribution in [0.1, 0.15) is 5.56 Å². The molecule has 118 valence electrons. The molecule has 1 aromatic carbocycles. The molecular weight excluding hydrogens is 363 g/mol. The highest BCUT2D eigenvalue weighted by molar-refractivity contribution is 7.84. The molecule has 0 bridgehead atoms. The summed E-state index contributed by atoms with van der Waals surface area (Å²) in [7, 11) is -4.42. The van der Waals surface area contributed by atoms with Crippen LogP contribution in [0, 0.1) is 0 Å².